The molecule has 0 spiro atoms. The molecule has 0 unspecified atom stereocenters. The Morgan fingerprint density at radius 2 is 1.19 bits per heavy atom. The van der Waals surface area contributed by atoms with E-state index in [1.165, 1.54) is 0 Å². The number of rotatable bonds is 0. The maximum absolute atomic E-state index is 12.3. The van der Waals surface area contributed by atoms with Crippen LogP contribution in [0.25, 0.3) is 0 Å². The number of benzene rings is 2. The lowest BCUT2D eigenvalue weighted by molar-refractivity contribution is 0.0973. The number of phenolic OH excluding ortho intramolecular Hbond substituents is 5. The summed E-state index contributed by atoms with van der Waals surface area (Å²) in [7, 11) is 0. The number of fused-ring (bicyclic) bond motifs is 2. The topological polar surface area (TPSA) is 135 Å². The molecule has 0 radical (unpaired) electrons. The molecule has 0 fully saturated rings. The highest BCUT2D eigenvalue weighted by atomic mass is 16.3. The quantitative estimate of drug-likeness (QED) is 0.389. The summed E-state index contributed by atoms with van der Waals surface area (Å²) < 4.78 is 0. The third-order valence-electron chi connectivity index (χ3n) is 3.30. The van der Waals surface area contributed by atoms with Gasteiger partial charge in [0.15, 0.2) is 23.1 Å². The van der Waals surface area contributed by atoms with Gasteiger partial charge in [-0.15, -0.1) is 0 Å². The van der Waals surface area contributed by atoms with Gasteiger partial charge < -0.3 is 25.5 Å². The first-order valence-corrected chi connectivity index (χ1v) is 5.76. The number of ketones is 2. The average Bonchev–Trinajstić information content (AvgIpc) is 2.41. The summed E-state index contributed by atoms with van der Waals surface area (Å²) in [5.41, 5.74) is -1.48. The van der Waals surface area contributed by atoms with E-state index in [1.807, 2.05) is 0 Å². The number of aromatic hydroxyl groups is 5. The van der Waals surface area contributed by atoms with Crippen LogP contribution in [-0.2, 0) is 0 Å². The fraction of sp³-hybridized carbons (Fsp3) is 0. The van der Waals surface area contributed by atoms with Crippen molar-refractivity contribution >= 4 is 11.6 Å². The number of carbonyl (C=O) groups is 2. The Morgan fingerprint density at radius 3 is 1.86 bits per heavy atom. The molecule has 2 aromatic rings. The van der Waals surface area contributed by atoms with Crippen molar-refractivity contribution in [2.45, 2.75) is 0 Å². The van der Waals surface area contributed by atoms with Gasteiger partial charge in [0.05, 0.1) is 11.1 Å². The second-order valence-electron chi connectivity index (χ2n) is 4.56. The van der Waals surface area contributed by atoms with Crippen molar-refractivity contribution in [3.05, 3.63) is 40.5 Å². The van der Waals surface area contributed by atoms with E-state index in [4.69, 9.17) is 0 Å². The fourth-order valence-corrected chi connectivity index (χ4v) is 2.35. The Bertz CT molecular complexity index is 836. The molecule has 7 heteroatoms. The normalized spacial score (nSPS) is 13.0. The predicted molar refractivity (Wildman–Crippen MR) is 68.1 cm³/mol. The molecule has 2 aromatic carbocycles. The molecule has 0 saturated heterocycles. The average molecular weight is 288 g/mol. The van der Waals surface area contributed by atoms with Gasteiger partial charge in [-0.3, -0.25) is 9.59 Å². The Balaban J connectivity index is 2.41. The first-order chi connectivity index (χ1) is 9.82. The Kier molecular flexibility index (Phi) is 2.37. The standard InChI is InChI=1S/C14H8O7/c15-4-1-5-9(7(16)2-4)11(18)6-3-8(17)13(20)14(21)10(6)12(5)19/h1-3,15-17,20-21H. The highest BCUT2D eigenvalue weighted by Gasteiger charge is 2.36. The molecule has 21 heavy (non-hydrogen) atoms. The molecule has 0 bridgehead atoms. The number of hydrogen-bond donors (Lipinski definition) is 5. The number of hydrogen-bond acceptors (Lipinski definition) is 7. The van der Waals surface area contributed by atoms with Crippen LogP contribution < -0.4 is 0 Å². The van der Waals surface area contributed by atoms with Crippen molar-refractivity contribution in [2.75, 3.05) is 0 Å². The van der Waals surface area contributed by atoms with E-state index >= 15 is 0 Å². The van der Waals surface area contributed by atoms with Crippen molar-refractivity contribution in [3.63, 3.8) is 0 Å². The molecule has 1 aliphatic rings. The zero-order valence-electron chi connectivity index (χ0n) is 10.3. The van der Waals surface area contributed by atoms with Gasteiger partial charge in [-0.1, -0.05) is 0 Å². The third kappa shape index (κ3) is 1.54. The minimum absolute atomic E-state index is 0.301. The van der Waals surface area contributed by atoms with Crippen LogP contribution in [0.15, 0.2) is 18.2 Å². The van der Waals surface area contributed by atoms with E-state index in [9.17, 15) is 35.1 Å². The molecule has 0 saturated carbocycles. The largest absolute Gasteiger partial charge is 0.508 e. The van der Waals surface area contributed by atoms with Crippen molar-refractivity contribution < 1.29 is 35.1 Å². The zero-order valence-corrected chi connectivity index (χ0v) is 10.3. The zero-order chi connectivity index (χ0) is 15.5. The van der Waals surface area contributed by atoms with Crippen molar-refractivity contribution in [2.24, 2.45) is 0 Å². The summed E-state index contributed by atoms with van der Waals surface area (Å²) in [5, 5.41) is 47.8. The minimum atomic E-state index is -0.933. The van der Waals surface area contributed by atoms with Crippen LogP contribution in [0.3, 0.4) is 0 Å². The number of carbonyl (C=O) groups excluding carboxylic acids is 2. The van der Waals surface area contributed by atoms with Gasteiger partial charge in [-0.2, -0.15) is 0 Å². The van der Waals surface area contributed by atoms with E-state index < -0.39 is 45.9 Å². The molecule has 5 N–H and O–H groups in total. The van der Waals surface area contributed by atoms with Gasteiger partial charge in [-0.05, 0) is 12.1 Å². The van der Waals surface area contributed by atoms with Gasteiger partial charge in [0, 0.05) is 17.2 Å². The molecule has 0 heterocycles. The molecule has 1 aliphatic carbocycles. The summed E-state index contributed by atoms with van der Waals surface area (Å²) in [4.78, 5) is 24.6. The molecular formula is C14H8O7. The predicted octanol–water partition coefficient (Wildman–Crippen LogP) is 0.990. The lowest BCUT2D eigenvalue weighted by atomic mass is 9.82. The summed E-state index contributed by atoms with van der Waals surface area (Å²) in [5.74, 6) is -5.34. The highest BCUT2D eigenvalue weighted by Crippen LogP contribution is 2.45. The van der Waals surface area contributed by atoms with Crippen LogP contribution in [0.2, 0.25) is 0 Å². The van der Waals surface area contributed by atoms with Crippen LogP contribution in [0.1, 0.15) is 31.8 Å². The van der Waals surface area contributed by atoms with Crippen molar-refractivity contribution in [3.8, 4) is 28.7 Å². The molecule has 0 aromatic heterocycles. The van der Waals surface area contributed by atoms with Gasteiger partial charge in [-0.25, -0.2) is 0 Å². The van der Waals surface area contributed by atoms with Crippen LogP contribution in [0, 0.1) is 0 Å². The minimum Gasteiger partial charge on any atom is -0.508 e. The molecular weight excluding hydrogens is 280 g/mol. The van der Waals surface area contributed by atoms with Crippen LogP contribution in [-0.4, -0.2) is 37.1 Å². The lowest BCUT2D eigenvalue weighted by Crippen LogP contribution is -2.21. The Morgan fingerprint density at radius 1 is 0.619 bits per heavy atom. The summed E-state index contributed by atoms with van der Waals surface area (Å²) >= 11 is 0. The monoisotopic (exact) mass is 288 g/mol. The molecule has 3 rings (SSSR count). The van der Waals surface area contributed by atoms with Crippen molar-refractivity contribution in [1.82, 2.24) is 0 Å². The first kappa shape index (κ1) is 12.8. The van der Waals surface area contributed by atoms with E-state index in [2.05, 4.69) is 0 Å². The van der Waals surface area contributed by atoms with Crippen molar-refractivity contribution in [1.29, 1.82) is 0 Å². The SMILES string of the molecule is O=C1c2cc(O)c(O)c(O)c2C(=O)c2cc(O)cc(O)c21. The molecule has 0 atom stereocenters. The molecule has 0 amide bonds. The van der Waals surface area contributed by atoms with Crippen LogP contribution in [0.4, 0.5) is 0 Å². The first-order valence-electron chi connectivity index (χ1n) is 5.76. The summed E-state index contributed by atoms with van der Waals surface area (Å²) in [6.45, 7) is 0. The van der Waals surface area contributed by atoms with E-state index in [0.717, 1.165) is 18.2 Å². The Labute approximate surface area is 117 Å². The third-order valence-corrected chi connectivity index (χ3v) is 3.30. The lowest BCUT2D eigenvalue weighted by Gasteiger charge is -2.20. The van der Waals surface area contributed by atoms with Gasteiger partial charge in [0.1, 0.15) is 11.5 Å². The maximum Gasteiger partial charge on any atom is 0.201 e. The second-order valence-corrected chi connectivity index (χ2v) is 4.56. The maximum atomic E-state index is 12.3. The molecule has 7 nitrogen and oxygen atoms in total. The van der Waals surface area contributed by atoms with E-state index in [-0.39, 0.29) is 16.7 Å². The van der Waals surface area contributed by atoms with Gasteiger partial charge in [0.25, 0.3) is 0 Å². The van der Waals surface area contributed by atoms with Gasteiger partial charge >= 0.3 is 0 Å². The molecule has 0 aliphatic heterocycles. The van der Waals surface area contributed by atoms with Crippen LogP contribution >= 0.6 is 0 Å². The van der Waals surface area contributed by atoms with E-state index in [1.54, 1.807) is 0 Å². The van der Waals surface area contributed by atoms with Gasteiger partial charge in [0.2, 0.25) is 5.75 Å². The smallest absolute Gasteiger partial charge is 0.201 e. The highest BCUT2D eigenvalue weighted by molar-refractivity contribution is 6.30. The summed E-state index contributed by atoms with van der Waals surface area (Å²) in [6.07, 6.45) is 0. The second kappa shape index (κ2) is 3.89. The summed E-state index contributed by atoms with van der Waals surface area (Å²) in [6, 6.07) is 2.70. The fourth-order valence-electron chi connectivity index (χ4n) is 2.35. The molecule has 106 valence electrons. The van der Waals surface area contributed by atoms with E-state index in [0.29, 0.717) is 0 Å². The Hall–Kier alpha value is -3.22. The number of phenols is 5. The van der Waals surface area contributed by atoms with Crippen LogP contribution in [0.5, 0.6) is 28.7 Å².